The van der Waals surface area contributed by atoms with Gasteiger partial charge >= 0.3 is 0 Å². The van der Waals surface area contributed by atoms with Crippen LogP contribution in [0.2, 0.25) is 0 Å². The van der Waals surface area contributed by atoms with Crippen molar-refractivity contribution in [2.75, 3.05) is 12.3 Å². The molecule has 1 aliphatic heterocycles. The fourth-order valence-corrected chi connectivity index (χ4v) is 4.44. The summed E-state index contributed by atoms with van der Waals surface area (Å²) in [5.41, 5.74) is -1.94. The van der Waals surface area contributed by atoms with Crippen molar-refractivity contribution >= 4 is 28.0 Å². The largest absolute Gasteiger partial charge is 0.306 e. The van der Waals surface area contributed by atoms with Gasteiger partial charge in [0.2, 0.25) is 10.0 Å². The molecule has 162 valence electrons. The zero-order chi connectivity index (χ0) is 20.6. The highest BCUT2D eigenvalue weighted by atomic mass is 35.5. The third-order valence-electron chi connectivity index (χ3n) is 5.13. The van der Waals surface area contributed by atoms with Gasteiger partial charge in [-0.1, -0.05) is 42.5 Å². The van der Waals surface area contributed by atoms with E-state index in [0.717, 1.165) is 6.08 Å². The van der Waals surface area contributed by atoms with Gasteiger partial charge in [0.05, 0.1) is 12.3 Å². The van der Waals surface area contributed by atoms with Crippen molar-refractivity contribution in [1.29, 1.82) is 0 Å². The smallest absolute Gasteiger partial charge is 0.277 e. The molecule has 0 saturated carbocycles. The van der Waals surface area contributed by atoms with Crippen LogP contribution >= 0.6 is 12.4 Å². The molecule has 2 aliphatic rings. The maximum atomic E-state index is 15.5. The minimum atomic E-state index is -3.95. The first kappa shape index (κ1) is 23.9. The van der Waals surface area contributed by atoms with Gasteiger partial charge in [0, 0.05) is 12.5 Å². The molecule has 0 amide bonds. The molecule has 1 fully saturated rings. The molecule has 4 atom stereocenters. The predicted octanol–water partition coefficient (Wildman–Crippen LogP) is 3.41. The maximum absolute atomic E-state index is 15.5. The molecule has 1 saturated heterocycles. The SMILES string of the molecule is CCS(=O)(=O)N[C@@H]1[C@H](CC2(F)C=CC=C(c3ccccc3)C2F)NCC1(F)F.Cl. The van der Waals surface area contributed by atoms with Crippen LogP contribution in [0.25, 0.3) is 5.57 Å². The van der Waals surface area contributed by atoms with E-state index in [-0.39, 0.29) is 23.7 Å². The first-order chi connectivity index (χ1) is 13.1. The molecule has 2 N–H and O–H groups in total. The van der Waals surface area contributed by atoms with E-state index >= 15 is 8.78 Å². The molecule has 4 nitrogen and oxygen atoms in total. The van der Waals surface area contributed by atoms with E-state index in [2.05, 4.69) is 5.32 Å². The van der Waals surface area contributed by atoms with Crippen LogP contribution in [0.4, 0.5) is 17.6 Å². The van der Waals surface area contributed by atoms with Gasteiger partial charge in [-0.2, -0.15) is 0 Å². The van der Waals surface area contributed by atoms with E-state index in [1.54, 1.807) is 30.3 Å². The monoisotopic (exact) mass is 454 g/mol. The zero-order valence-corrected chi connectivity index (χ0v) is 17.3. The maximum Gasteiger partial charge on any atom is 0.277 e. The van der Waals surface area contributed by atoms with Crippen molar-refractivity contribution in [3.63, 3.8) is 0 Å². The van der Waals surface area contributed by atoms with Gasteiger partial charge in [-0.05, 0) is 24.1 Å². The highest BCUT2D eigenvalue weighted by Crippen LogP contribution is 2.41. The van der Waals surface area contributed by atoms with Crippen LogP contribution in [0.5, 0.6) is 0 Å². The molecule has 0 aromatic heterocycles. The van der Waals surface area contributed by atoms with Crippen molar-refractivity contribution in [2.45, 2.75) is 43.2 Å². The van der Waals surface area contributed by atoms with E-state index in [1.807, 2.05) is 4.72 Å². The van der Waals surface area contributed by atoms with Crippen LogP contribution in [0, 0.1) is 0 Å². The molecule has 1 aromatic carbocycles. The summed E-state index contributed by atoms with van der Waals surface area (Å²) in [4.78, 5) is 0. The number of allylic oxidation sites excluding steroid dienone is 4. The van der Waals surface area contributed by atoms with Gasteiger partial charge in [0.1, 0.15) is 6.04 Å². The Kier molecular flexibility index (Phi) is 7.20. The topological polar surface area (TPSA) is 58.2 Å². The van der Waals surface area contributed by atoms with Crippen LogP contribution in [0.3, 0.4) is 0 Å². The van der Waals surface area contributed by atoms with E-state index in [0.29, 0.717) is 5.56 Å². The first-order valence-electron chi connectivity index (χ1n) is 8.97. The predicted molar refractivity (Wildman–Crippen MR) is 107 cm³/mol. The standard InChI is InChI=1S/C19H22F4N2O2S.ClH/c1-2-28(26,27)25-17-15(24-12-19(17,22)23)11-18(21)10-6-9-14(16(18)20)13-7-4-3-5-8-13;/h3-10,15-17,24-25H,2,11-12H2,1H3;1H/t15-,16?,17+,18?;/m0./s1. The molecule has 1 heterocycles. The minimum absolute atomic E-state index is 0. The molecule has 0 bridgehead atoms. The Bertz CT molecular complexity index is 879. The fourth-order valence-electron chi connectivity index (χ4n) is 3.55. The Labute approximate surface area is 173 Å². The second-order valence-corrected chi connectivity index (χ2v) is 9.13. The van der Waals surface area contributed by atoms with Gasteiger partial charge in [0.15, 0.2) is 11.8 Å². The van der Waals surface area contributed by atoms with Gasteiger partial charge < -0.3 is 5.32 Å². The Morgan fingerprint density at radius 1 is 1.21 bits per heavy atom. The molecule has 2 unspecified atom stereocenters. The van der Waals surface area contributed by atoms with Gasteiger partial charge in [0.25, 0.3) is 5.92 Å². The number of alkyl halides is 4. The molecule has 1 aliphatic carbocycles. The lowest BCUT2D eigenvalue weighted by Crippen LogP contribution is -2.54. The third kappa shape index (κ3) is 5.02. The van der Waals surface area contributed by atoms with Gasteiger partial charge in [-0.3, -0.25) is 0 Å². The van der Waals surface area contributed by atoms with Gasteiger partial charge in [-0.25, -0.2) is 30.7 Å². The quantitative estimate of drug-likeness (QED) is 0.648. The van der Waals surface area contributed by atoms with Crippen molar-refractivity contribution in [3.8, 4) is 0 Å². The molecule has 3 rings (SSSR count). The normalized spacial score (nSPS) is 31.2. The number of halogens is 5. The lowest BCUT2D eigenvalue weighted by Gasteiger charge is -2.34. The summed E-state index contributed by atoms with van der Waals surface area (Å²) in [6.07, 6.45) is 1.11. The number of rotatable bonds is 6. The molecular weight excluding hydrogens is 432 g/mol. The van der Waals surface area contributed by atoms with Crippen molar-refractivity contribution in [1.82, 2.24) is 10.0 Å². The van der Waals surface area contributed by atoms with E-state index in [1.165, 1.54) is 19.1 Å². The number of hydrogen-bond donors (Lipinski definition) is 2. The summed E-state index contributed by atoms with van der Waals surface area (Å²) in [6.45, 7) is 0.500. The molecular formula is C19H23ClF4N2O2S. The Hall–Kier alpha value is -1.42. The van der Waals surface area contributed by atoms with E-state index in [9.17, 15) is 17.2 Å². The summed E-state index contributed by atoms with van der Waals surface area (Å²) in [6, 6.07) is 5.28. The van der Waals surface area contributed by atoms with Crippen LogP contribution in [-0.2, 0) is 10.0 Å². The second kappa shape index (κ2) is 8.75. The van der Waals surface area contributed by atoms with Crippen molar-refractivity contribution < 1.29 is 26.0 Å². The van der Waals surface area contributed by atoms with Crippen molar-refractivity contribution in [3.05, 3.63) is 54.1 Å². The molecule has 1 aromatic rings. The zero-order valence-electron chi connectivity index (χ0n) is 15.6. The molecule has 29 heavy (non-hydrogen) atoms. The summed E-state index contributed by atoms with van der Waals surface area (Å²) in [5, 5.41) is 2.45. The highest BCUT2D eigenvalue weighted by molar-refractivity contribution is 7.89. The van der Waals surface area contributed by atoms with E-state index in [4.69, 9.17) is 0 Å². The molecule has 0 radical (unpaired) electrons. The fraction of sp³-hybridized carbons (Fsp3) is 0.474. The van der Waals surface area contributed by atoms with Crippen LogP contribution in [0.15, 0.2) is 48.6 Å². The Morgan fingerprint density at radius 3 is 2.48 bits per heavy atom. The highest BCUT2D eigenvalue weighted by Gasteiger charge is 2.55. The third-order valence-corrected chi connectivity index (χ3v) is 6.50. The summed E-state index contributed by atoms with van der Waals surface area (Å²) in [7, 11) is -3.95. The average Bonchev–Trinajstić information content (AvgIpc) is 2.92. The summed E-state index contributed by atoms with van der Waals surface area (Å²) < 4.78 is 84.6. The van der Waals surface area contributed by atoms with E-state index < -0.39 is 52.8 Å². The Morgan fingerprint density at radius 2 is 1.86 bits per heavy atom. The number of hydrogen-bond acceptors (Lipinski definition) is 3. The lowest BCUT2D eigenvalue weighted by molar-refractivity contribution is -0.00446. The second-order valence-electron chi connectivity index (χ2n) is 7.09. The number of nitrogens with one attached hydrogen (secondary N) is 2. The van der Waals surface area contributed by atoms with Crippen LogP contribution in [0.1, 0.15) is 18.9 Å². The first-order valence-corrected chi connectivity index (χ1v) is 10.6. The molecule has 0 spiro atoms. The minimum Gasteiger partial charge on any atom is -0.306 e. The Balaban J connectivity index is 0.00000300. The lowest BCUT2D eigenvalue weighted by atomic mass is 9.81. The van der Waals surface area contributed by atoms with Crippen molar-refractivity contribution in [2.24, 2.45) is 0 Å². The van der Waals surface area contributed by atoms with Gasteiger partial charge in [-0.15, -0.1) is 12.4 Å². The van der Waals surface area contributed by atoms with Crippen LogP contribution in [-0.4, -0.2) is 50.6 Å². The van der Waals surface area contributed by atoms with Crippen LogP contribution < -0.4 is 10.0 Å². The number of benzene rings is 1. The summed E-state index contributed by atoms with van der Waals surface area (Å²) >= 11 is 0. The number of sulfonamides is 1. The summed E-state index contributed by atoms with van der Waals surface area (Å²) in [5.74, 6) is -3.80. The average molecular weight is 455 g/mol. The molecule has 10 heteroatoms.